The van der Waals surface area contributed by atoms with Gasteiger partial charge in [-0.3, -0.25) is 9.59 Å². The van der Waals surface area contributed by atoms with E-state index in [9.17, 15) is 9.59 Å². The van der Waals surface area contributed by atoms with Crippen molar-refractivity contribution >= 4 is 17.5 Å². The highest BCUT2D eigenvalue weighted by Crippen LogP contribution is 2.25. The Morgan fingerprint density at radius 1 is 1.04 bits per heavy atom. The molecule has 0 radical (unpaired) electrons. The zero-order chi connectivity index (χ0) is 19.9. The summed E-state index contributed by atoms with van der Waals surface area (Å²) in [6, 6.07) is 15.0. The molecule has 1 aliphatic rings. The first-order chi connectivity index (χ1) is 13.5. The monoisotopic (exact) mass is 380 g/mol. The van der Waals surface area contributed by atoms with Crippen LogP contribution in [0, 0.1) is 6.92 Å². The van der Waals surface area contributed by atoms with Gasteiger partial charge in [0.05, 0.1) is 18.6 Å². The Morgan fingerprint density at radius 2 is 1.68 bits per heavy atom. The molecule has 1 unspecified atom stereocenters. The van der Waals surface area contributed by atoms with Crippen LogP contribution in [0.1, 0.15) is 56.2 Å². The lowest BCUT2D eigenvalue weighted by Gasteiger charge is -2.18. The van der Waals surface area contributed by atoms with Gasteiger partial charge in [-0.25, -0.2) is 0 Å². The third kappa shape index (κ3) is 5.84. The molecule has 0 aliphatic heterocycles. The quantitative estimate of drug-likeness (QED) is 0.742. The van der Waals surface area contributed by atoms with Crippen LogP contribution in [0.15, 0.2) is 48.5 Å². The molecule has 5 heteroatoms. The Hall–Kier alpha value is -2.82. The van der Waals surface area contributed by atoms with E-state index in [0.29, 0.717) is 11.8 Å². The molecule has 1 fully saturated rings. The summed E-state index contributed by atoms with van der Waals surface area (Å²) < 4.78 is 5.95. The highest BCUT2D eigenvalue weighted by Gasteiger charge is 2.18. The van der Waals surface area contributed by atoms with Crippen LogP contribution in [-0.4, -0.2) is 17.9 Å². The summed E-state index contributed by atoms with van der Waals surface area (Å²) in [5.74, 6) is 0.524. The molecule has 0 heterocycles. The number of hydrogen-bond acceptors (Lipinski definition) is 3. The summed E-state index contributed by atoms with van der Waals surface area (Å²) in [7, 11) is 0. The fourth-order valence-corrected chi connectivity index (χ4v) is 3.51. The van der Waals surface area contributed by atoms with E-state index in [1.807, 2.05) is 55.5 Å². The van der Waals surface area contributed by atoms with Crippen molar-refractivity contribution in [3.05, 3.63) is 59.7 Å². The van der Waals surface area contributed by atoms with Gasteiger partial charge in [-0.15, -0.1) is 0 Å². The predicted molar refractivity (Wildman–Crippen MR) is 110 cm³/mol. The molecule has 2 amide bonds. The molecule has 0 bridgehead atoms. The van der Waals surface area contributed by atoms with Gasteiger partial charge in [0.25, 0.3) is 0 Å². The van der Waals surface area contributed by atoms with Gasteiger partial charge in [-0.05, 0) is 62.4 Å². The van der Waals surface area contributed by atoms with Gasteiger partial charge in [0, 0.05) is 12.6 Å². The Bertz CT molecular complexity index is 794. The van der Waals surface area contributed by atoms with Crippen molar-refractivity contribution in [2.45, 2.75) is 58.1 Å². The summed E-state index contributed by atoms with van der Waals surface area (Å²) in [6.45, 7) is 3.46. The molecule has 0 spiro atoms. The van der Waals surface area contributed by atoms with Crippen molar-refractivity contribution in [2.75, 3.05) is 5.32 Å². The van der Waals surface area contributed by atoms with Crippen LogP contribution >= 0.6 is 0 Å². The maximum atomic E-state index is 12.5. The number of hydrogen-bond donors (Lipinski definition) is 2. The average molecular weight is 380 g/mol. The van der Waals surface area contributed by atoms with Gasteiger partial charge in [0.1, 0.15) is 5.75 Å². The Morgan fingerprint density at radius 3 is 2.29 bits per heavy atom. The van der Waals surface area contributed by atoms with Crippen LogP contribution in [0.25, 0.3) is 0 Å². The van der Waals surface area contributed by atoms with E-state index in [4.69, 9.17) is 4.74 Å². The summed E-state index contributed by atoms with van der Waals surface area (Å²) in [5, 5.41) is 5.76. The molecule has 1 saturated carbocycles. The molecule has 5 nitrogen and oxygen atoms in total. The predicted octanol–water partition coefficient (Wildman–Crippen LogP) is 4.52. The maximum absolute atomic E-state index is 12.5. The first-order valence-electron chi connectivity index (χ1n) is 9.90. The Balaban J connectivity index is 1.58. The summed E-state index contributed by atoms with van der Waals surface area (Å²) >= 11 is 0. The first-order valence-corrected chi connectivity index (χ1v) is 9.90. The van der Waals surface area contributed by atoms with Gasteiger partial charge in [-0.2, -0.15) is 0 Å². The van der Waals surface area contributed by atoms with E-state index < -0.39 is 0 Å². The normalized spacial score (nSPS) is 15.1. The summed E-state index contributed by atoms with van der Waals surface area (Å²) in [5.41, 5.74) is 2.76. The molecule has 0 saturated heterocycles. The molecule has 2 aromatic rings. The Kier molecular flexibility index (Phi) is 6.69. The largest absolute Gasteiger partial charge is 0.490 e. The van der Waals surface area contributed by atoms with Crippen LogP contribution in [0.5, 0.6) is 5.75 Å². The van der Waals surface area contributed by atoms with Gasteiger partial charge in [0.2, 0.25) is 11.8 Å². The number of benzene rings is 2. The highest BCUT2D eigenvalue weighted by atomic mass is 16.5. The second-order valence-corrected chi connectivity index (χ2v) is 7.46. The molecule has 2 aromatic carbocycles. The van der Waals surface area contributed by atoms with Crippen molar-refractivity contribution in [3.8, 4) is 5.75 Å². The van der Waals surface area contributed by atoms with Crippen LogP contribution in [0.3, 0.4) is 0 Å². The zero-order valence-electron chi connectivity index (χ0n) is 16.5. The topological polar surface area (TPSA) is 67.4 Å². The van der Waals surface area contributed by atoms with Crippen molar-refractivity contribution in [3.63, 3.8) is 0 Å². The molecular weight excluding hydrogens is 352 g/mol. The van der Waals surface area contributed by atoms with Crippen molar-refractivity contribution in [2.24, 2.45) is 0 Å². The second kappa shape index (κ2) is 9.40. The molecular formula is C23H28N2O3. The number of amides is 2. The summed E-state index contributed by atoms with van der Waals surface area (Å²) in [6.07, 6.45) is 5.17. The fourth-order valence-electron chi connectivity index (χ4n) is 3.51. The maximum Gasteiger partial charge on any atom is 0.226 e. The SMILES string of the molecule is CC(=O)NC(CC(=O)Nc1ccc(OC2CCCC2)cc1)c1ccc(C)cc1. The molecule has 28 heavy (non-hydrogen) atoms. The lowest BCUT2D eigenvalue weighted by molar-refractivity contribution is -0.120. The van der Waals surface area contributed by atoms with E-state index in [1.54, 1.807) is 0 Å². The standard InChI is InChI=1S/C23H28N2O3/c1-16-7-9-18(10-8-16)22(24-17(2)26)15-23(27)25-19-11-13-21(14-12-19)28-20-5-3-4-6-20/h7-14,20,22H,3-6,15H2,1-2H3,(H,24,26)(H,25,27). The minimum Gasteiger partial charge on any atom is -0.490 e. The number of anilines is 1. The van der Waals surface area contributed by atoms with Crippen LogP contribution in [0.2, 0.25) is 0 Å². The van der Waals surface area contributed by atoms with E-state index in [0.717, 1.165) is 29.7 Å². The number of aryl methyl sites for hydroxylation is 1. The molecule has 1 atom stereocenters. The van der Waals surface area contributed by atoms with E-state index in [1.165, 1.54) is 19.8 Å². The van der Waals surface area contributed by atoms with Gasteiger partial charge < -0.3 is 15.4 Å². The van der Waals surface area contributed by atoms with E-state index in [2.05, 4.69) is 10.6 Å². The van der Waals surface area contributed by atoms with E-state index in [-0.39, 0.29) is 24.3 Å². The van der Waals surface area contributed by atoms with Crippen molar-refractivity contribution in [1.82, 2.24) is 5.32 Å². The van der Waals surface area contributed by atoms with Crippen molar-refractivity contribution in [1.29, 1.82) is 0 Å². The Labute approximate surface area is 166 Å². The number of carbonyl (C=O) groups excluding carboxylic acids is 2. The lowest BCUT2D eigenvalue weighted by Crippen LogP contribution is -2.29. The lowest BCUT2D eigenvalue weighted by atomic mass is 10.0. The molecule has 148 valence electrons. The highest BCUT2D eigenvalue weighted by molar-refractivity contribution is 5.91. The van der Waals surface area contributed by atoms with Gasteiger partial charge in [0.15, 0.2) is 0 Å². The van der Waals surface area contributed by atoms with Crippen LogP contribution in [-0.2, 0) is 9.59 Å². The van der Waals surface area contributed by atoms with Crippen LogP contribution in [0.4, 0.5) is 5.69 Å². The van der Waals surface area contributed by atoms with E-state index >= 15 is 0 Å². The third-order valence-electron chi connectivity index (χ3n) is 4.99. The number of ether oxygens (including phenoxy) is 1. The molecule has 2 N–H and O–H groups in total. The second-order valence-electron chi connectivity index (χ2n) is 7.46. The minimum atomic E-state index is -0.358. The number of carbonyl (C=O) groups is 2. The molecule has 1 aliphatic carbocycles. The molecule has 0 aromatic heterocycles. The third-order valence-corrected chi connectivity index (χ3v) is 4.99. The fraction of sp³-hybridized carbons (Fsp3) is 0.391. The zero-order valence-corrected chi connectivity index (χ0v) is 16.5. The molecule has 3 rings (SSSR count). The minimum absolute atomic E-state index is 0.149. The van der Waals surface area contributed by atoms with Gasteiger partial charge in [-0.1, -0.05) is 29.8 Å². The number of nitrogens with one attached hydrogen (secondary N) is 2. The van der Waals surface area contributed by atoms with Gasteiger partial charge >= 0.3 is 0 Å². The van der Waals surface area contributed by atoms with Crippen LogP contribution < -0.4 is 15.4 Å². The average Bonchev–Trinajstić information content (AvgIpc) is 3.16. The van der Waals surface area contributed by atoms with Crippen molar-refractivity contribution < 1.29 is 14.3 Å². The summed E-state index contributed by atoms with van der Waals surface area (Å²) in [4.78, 5) is 24.1. The number of rotatable bonds is 7. The first kappa shape index (κ1) is 19.9. The smallest absolute Gasteiger partial charge is 0.226 e.